The van der Waals surface area contributed by atoms with E-state index in [1.54, 1.807) is 34.8 Å². The Morgan fingerprint density at radius 3 is 1.42 bits per heavy atom. The molecule has 1 saturated heterocycles. The molecule has 17 heteroatoms. The molecule has 0 aromatic heterocycles. The molecule has 2 aromatic rings. The second kappa shape index (κ2) is 35.6. The van der Waals surface area contributed by atoms with Crippen LogP contribution in [0.1, 0.15) is 161 Å². The monoisotopic (exact) mass is 1170 g/mol. The van der Waals surface area contributed by atoms with Crippen LogP contribution in [0.3, 0.4) is 0 Å². The normalized spacial score (nSPS) is 25.4. The second-order valence-electron chi connectivity index (χ2n) is 19.6. The van der Waals surface area contributed by atoms with Gasteiger partial charge in [-0.1, -0.05) is 57.8 Å². The maximum absolute atomic E-state index is 12.8. The molecule has 3 fully saturated rings. The van der Waals surface area contributed by atoms with Gasteiger partial charge in [-0.25, -0.2) is 8.42 Å². The molecule has 6 N–H and O–H groups in total. The molecule has 1 heterocycles. The number of nitrogens with zero attached hydrogens (tertiary/aromatic N) is 1. The zero-order valence-corrected chi connectivity index (χ0v) is 50.8. The van der Waals surface area contributed by atoms with Crippen molar-refractivity contribution in [2.45, 2.75) is 169 Å². The van der Waals surface area contributed by atoms with Crippen LogP contribution in [-0.4, -0.2) is 116 Å². The molecule has 4 aliphatic carbocycles. The van der Waals surface area contributed by atoms with Gasteiger partial charge >= 0.3 is 0 Å². The van der Waals surface area contributed by atoms with Gasteiger partial charge in [0.2, 0.25) is 0 Å². The summed E-state index contributed by atoms with van der Waals surface area (Å²) in [6.45, 7) is 25.7. The number of rotatable bonds is 3. The van der Waals surface area contributed by atoms with Crippen molar-refractivity contribution in [3.63, 3.8) is 0 Å². The summed E-state index contributed by atoms with van der Waals surface area (Å²) in [5.74, 6) is 1.29. The molecule has 2 spiro atoms. The van der Waals surface area contributed by atoms with E-state index < -0.39 is 22.0 Å². The van der Waals surface area contributed by atoms with Crippen molar-refractivity contribution in [2.24, 2.45) is 32.2 Å². The number of carbonyl (C=O) groups excluding carboxylic acids is 1. The predicted octanol–water partition coefficient (Wildman–Crippen LogP) is 10.3. The molecule has 2 unspecified atom stereocenters. The number of hydrogen-bond donors (Lipinski definition) is 5. The number of nitrogens with two attached hydrogens (primary N) is 1. The van der Waals surface area contributed by atoms with Crippen molar-refractivity contribution in [1.29, 1.82) is 0 Å². The predicted molar refractivity (Wildman–Crippen MR) is 290 cm³/mol. The van der Waals surface area contributed by atoms with Crippen molar-refractivity contribution >= 4 is 65.3 Å². The van der Waals surface area contributed by atoms with E-state index in [1.807, 2.05) is 60.8 Å². The van der Waals surface area contributed by atoms with Crippen LogP contribution in [0, 0.1) is 22.7 Å². The fourth-order valence-corrected chi connectivity index (χ4v) is 10.2. The molecule has 8 atom stereocenters. The molecule has 12 nitrogen and oxygen atoms in total. The van der Waals surface area contributed by atoms with E-state index in [4.69, 9.17) is 44.2 Å². The smallest absolute Gasteiger partial charge is 0.169 e. The molecule has 398 valence electrons. The minimum Gasteiger partial charge on any atom is -0.397 e. The van der Waals surface area contributed by atoms with E-state index in [0.717, 1.165) is 84.8 Å². The molecule has 2 saturated carbocycles. The van der Waals surface area contributed by atoms with Gasteiger partial charge in [0.15, 0.2) is 5.78 Å². The van der Waals surface area contributed by atoms with E-state index >= 15 is 0 Å². The summed E-state index contributed by atoms with van der Waals surface area (Å²) >= 11 is 7.06. The first kappa shape index (κ1) is 70.5. The van der Waals surface area contributed by atoms with Crippen LogP contribution in [0.15, 0.2) is 49.7 Å². The van der Waals surface area contributed by atoms with Gasteiger partial charge in [-0.3, -0.25) is 9.93 Å². The first-order valence-electron chi connectivity index (χ1n) is 24.2. The largest absolute Gasteiger partial charge is 0.397 e. The quantitative estimate of drug-likeness (QED) is 0.184. The van der Waals surface area contributed by atoms with Crippen LogP contribution in [0.5, 0.6) is 0 Å². The van der Waals surface area contributed by atoms with Crippen LogP contribution in [0.4, 0.5) is 0 Å². The number of ether oxygens (including phenoxy) is 3. The Kier molecular flexibility index (Phi) is 36.4. The molecule has 0 radical (unpaired) electrons. The summed E-state index contributed by atoms with van der Waals surface area (Å²) in [5, 5.41) is 35.3. The zero-order valence-electron chi connectivity index (χ0n) is 44.4. The van der Waals surface area contributed by atoms with E-state index in [2.05, 4.69) is 70.0 Å². The van der Waals surface area contributed by atoms with Gasteiger partial charge in [0.05, 0.1) is 38.4 Å². The van der Waals surface area contributed by atoms with Crippen LogP contribution in [0.2, 0.25) is 0 Å². The molecule has 0 bridgehead atoms. The van der Waals surface area contributed by atoms with Gasteiger partial charge in [0, 0.05) is 106 Å². The first-order valence-corrected chi connectivity index (χ1v) is 28.1. The number of aliphatic hydroxyl groups is 4. The van der Waals surface area contributed by atoms with E-state index in [-0.39, 0.29) is 68.5 Å². The number of benzene rings is 2. The van der Waals surface area contributed by atoms with Crippen LogP contribution in [0.25, 0.3) is 0 Å². The first-order chi connectivity index (χ1) is 31.8. The summed E-state index contributed by atoms with van der Waals surface area (Å²) in [6, 6.07) is 12.6. The Morgan fingerprint density at radius 2 is 1.07 bits per heavy atom. The molecule has 5 aliphatic rings. The van der Waals surface area contributed by atoms with E-state index in [9.17, 15) is 13.2 Å². The van der Waals surface area contributed by atoms with Crippen molar-refractivity contribution in [1.82, 2.24) is 0 Å². The van der Waals surface area contributed by atoms with Crippen LogP contribution in [-0.2, 0) is 70.7 Å². The average Bonchev–Trinajstić information content (AvgIpc) is 3.99. The molecule has 0 amide bonds. The minimum absolute atomic E-state index is 0. The minimum atomic E-state index is -1.25. The molecule has 1 aliphatic heterocycles. The summed E-state index contributed by atoms with van der Waals surface area (Å²) in [5.41, 5.74) is 5.55. The standard InChI is InChI=1S/C20H28BrNO2S.C16H19BrO2.C4H11NOS.C4H8O.4C2H6O.Ti/c1-13-11-20(9-8-17(13)24-5)12-14-6-7-15(21)10-16(14)18(20)22-25(23)19(2,3)4;1-10-8-16(6-5-14(10)19-2)9-11-3-4-12(17)7-13(11)15(16)18;1-4(2,3)7(5)6;1-2-4-5-3-1;4*1-2-3;/h6-7,10,13,17H,8-9,11-12H2,1-5H3;3-4,7,10,14H,5-6,8-9H2,1-2H3;5H2,1-3H3;1-4H2;4*3H,2H2,1H3;/t13-,17-,20-,25-;10-,14-,16?;;;;;;;/m00......./s1. The molecule has 7 rings (SSSR count). The Balaban J connectivity index is 0. The Labute approximate surface area is 454 Å². The van der Waals surface area contributed by atoms with Gasteiger partial charge in [0.25, 0.3) is 0 Å². The molecule has 2 aromatic carbocycles. The van der Waals surface area contributed by atoms with Gasteiger partial charge in [-0.05, 0) is 181 Å². The number of fused-ring (bicyclic) bond motifs is 2. The number of aliphatic hydroxyl groups excluding tert-OH is 4. The van der Waals surface area contributed by atoms with Gasteiger partial charge in [-0.2, -0.15) is 4.40 Å². The average molecular weight is 1180 g/mol. The van der Waals surface area contributed by atoms with Crippen molar-refractivity contribution in [3.8, 4) is 0 Å². The molecule has 69 heavy (non-hydrogen) atoms. The maximum atomic E-state index is 12.8. The van der Waals surface area contributed by atoms with E-state index in [1.165, 1.54) is 29.5 Å². The summed E-state index contributed by atoms with van der Waals surface area (Å²) < 4.78 is 45.6. The maximum Gasteiger partial charge on any atom is 0.169 e. The fourth-order valence-electron chi connectivity index (χ4n) is 8.73. The van der Waals surface area contributed by atoms with Gasteiger partial charge in [0.1, 0.15) is 11.0 Å². The second-order valence-corrected chi connectivity index (χ2v) is 25.2. The van der Waals surface area contributed by atoms with Crippen molar-refractivity contribution in [2.75, 3.05) is 53.9 Å². The van der Waals surface area contributed by atoms with Crippen LogP contribution < -0.4 is 5.14 Å². The number of Topliss-reactive ketones (excluding diaryl/α,β-unsaturated/α-hetero) is 1. The Hall–Kier alpha value is -0.566. The Bertz CT molecular complexity index is 1830. The van der Waals surface area contributed by atoms with Gasteiger partial charge in [-0.15, -0.1) is 0 Å². The van der Waals surface area contributed by atoms with Crippen LogP contribution >= 0.6 is 31.9 Å². The third-order valence-electron chi connectivity index (χ3n) is 11.9. The van der Waals surface area contributed by atoms with Crippen molar-refractivity contribution in [3.05, 3.63) is 67.6 Å². The van der Waals surface area contributed by atoms with Crippen molar-refractivity contribution < 1.29 is 69.6 Å². The number of halogens is 2. The third-order valence-corrected chi connectivity index (χ3v) is 15.5. The fraction of sp³-hybridized carbons (Fsp3) is 0.731. The number of carbonyl (C=O) groups is 1. The Morgan fingerprint density at radius 1 is 0.710 bits per heavy atom. The number of methoxy groups -OCH3 is 2. The number of ketones is 1. The molecular weight excluding hydrogens is 1080 g/mol. The van der Waals surface area contributed by atoms with E-state index in [0.29, 0.717) is 29.8 Å². The molecular formula is C52H90Br2N2O10S2Ti. The summed E-state index contributed by atoms with van der Waals surface area (Å²) in [7, 11) is 1.16. The zero-order chi connectivity index (χ0) is 52.5. The topological polar surface area (TPSA) is 198 Å². The number of hydrogen-bond acceptors (Lipinski definition) is 10. The third kappa shape index (κ3) is 23.7. The SMILES string of the molecule is C1CCOC1.CC(C)(C)S(N)=O.CCO.CCO.CCO.CCO.CO[C@H]1CCC2(Cc3ccc(Br)cc3C2=O)C[C@@H]1C.CO[C@H]1CC[C@@]2(Cc3ccc(Br)cc3C2=N[S@@](=O)C(C)(C)C)C[C@@H]1C.[Ti]. The summed E-state index contributed by atoms with van der Waals surface area (Å²) in [4.78, 5) is 12.8. The summed E-state index contributed by atoms with van der Waals surface area (Å²) in [6.07, 6.45) is 11.1. The van der Waals surface area contributed by atoms with Gasteiger partial charge < -0.3 is 34.6 Å².